The van der Waals surface area contributed by atoms with Gasteiger partial charge in [-0.15, -0.1) is 0 Å². The van der Waals surface area contributed by atoms with Crippen molar-refractivity contribution in [3.8, 4) is 0 Å². The fraction of sp³-hybridized carbons (Fsp3) is 0.833. The Hall–Kier alpha value is 0.406. The van der Waals surface area contributed by atoms with Crippen molar-refractivity contribution in [2.45, 2.75) is 16.7 Å². The summed E-state index contributed by atoms with van der Waals surface area (Å²) < 4.78 is 0.632. The molecule has 0 unspecified atom stereocenters. The Morgan fingerprint density at radius 2 is 2.56 bits per heavy atom. The molecule has 1 aliphatic carbocycles. The maximum absolute atomic E-state index is 10.2. The number of aldehydes is 1. The van der Waals surface area contributed by atoms with E-state index < -0.39 is 0 Å². The van der Waals surface area contributed by atoms with Crippen LogP contribution in [0.15, 0.2) is 0 Å². The predicted molar refractivity (Wildman–Crippen MR) is 38.8 cm³/mol. The molecule has 0 amide bonds. The molecule has 0 spiro atoms. The second kappa shape index (κ2) is 3.00. The van der Waals surface area contributed by atoms with Crippen LogP contribution in [-0.2, 0) is 4.79 Å². The minimum atomic E-state index is 0.384. The Bertz CT molecular complexity index is 118. The van der Waals surface area contributed by atoms with Crippen LogP contribution >= 0.6 is 0 Å². The summed E-state index contributed by atoms with van der Waals surface area (Å²) in [5, 5.41) is 0. The zero-order chi connectivity index (χ0) is 6.85. The Morgan fingerprint density at radius 1 is 1.89 bits per heavy atom. The van der Waals surface area contributed by atoms with Gasteiger partial charge in [-0.2, -0.15) is 0 Å². The molecule has 0 aromatic rings. The van der Waals surface area contributed by atoms with Crippen molar-refractivity contribution < 1.29 is 4.79 Å². The van der Waals surface area contributed by atoms with E-state index in [1.165, 1.54) is 0 Å². The average Bonchev–Trinajstić information content (AvgIpc) is 2.64. The SMILES string of the molecule is C[Se][C@H]([Si])[C@H]1C[C@@H]1C=O. The van der Waals surface area contributed by atoms with Gasteiger partial charge in [-0.1, -0.05) is 0 Å². The van der Waals surface area contributed by atoms with E-state index in [9.17, 15) is 4.79 Å². The second-order valence-corrected chi connectivity index (χ2v) is 5.97. The molecule has 0 saturated heterocycles. The van der Waals surface area contributed by atoms with Gasteiger partial charge in [0.2, 0.25) is 0 Å². The Morgan fingerprint density at radius 3 is 2.89 bits per heavy atom. The van der Waals surface area contributed by atoms with Crippen molar-refractivity contribution in [1.82, 2.24) is 0 Å². The van der Waals surface area contributed by atoms with Crippen molar-refractivity contribution in [2.75, 3.05) is 0 Å². The van der Waals surface area contributed by atoms with Gasteiger partial charge in [0.15, 0.2) is 0 Å². The first-order chi connectivity index (χ1) is 4.29. The van der Waals surface area contributed by atoms with Gasteiger partial charge in [0, 0.05) is 0 Å². The summed E-state index contributed by atoms with van der Waals surface area (Å²) in [7, 11) is 3.60. The van der Waals surface area contributed by atoms with E-state index >= 15 is 0 Å². The molecule has 3 radical (unpaired) electrons. The zero-order valence-corrected chi connectivity index (χ0v) is 8.05. The molecule has 0 aromatic heterocycles. The van der Waals surface area contributed by atoms with Crippen LogP contribution in [0.5, 0.6) is 0 Å². The fourth-order valence-corrected chi connectivity index (χ4v) is 2.69. The van der Waals surface area contributed by atoms with Gasteiger partial charge in [-0.25, -0.2) is 0 Å². The van der Waals surface area contributed by atoms with Gasteiger partial charge < -0.3 is 0 Å². The number of hydrogen-bond acceptors (Lipinski definition) is 1. The van der Waals surface area contributed by atoms with Gasteiger partial charge in [-0.3, -0.25) is 0 Å². The molecular weight excluding hydrogens is 195 g/mol. The number of carbonyl (C=O) groups excluding carboxylic acids is 1. The average molecular weight is 204 g/mol. The van der Waals surface area contributed by atoms with E-state index in [0.29, 0.717) is 31.2 Å². The quantitative estimate of drug-likeness (QED) is 0.483. The molecule has 1 saturated carbocycles. The predicted octanol–water partition coefficient (Wildman–Crippen LogP) is 0.488. The molecule has 0 N–H and O–H groups in total. The van der Waals surface area contributed by atoms with E-state index in [0.717, 1.165) is 12.7 Å². The van der Waals surface area contributed by atoms with Crippen LogP contribution in [0.1, 0.15) is 6.42 Å². The van der Waals surface area contributed by atoms with Crippen molar-refractivity contribution >= 4 is 31.5 Å². The van der Waals surface area contributed by atoms with Crippen LogP contribution in [-0.4, -0.2) is 31.5 Å². The number of rotatable bonds is 3. The molecule has 3 heteroatoms. The third-order valence-corrected chi connectivity index (χ3v) is 5.16. The molecule has 9 heavy (non-hydrogen) atoms. The van der Waals surface area contributed by atoms with Gasteiger partial charge >= 0.3 is 64.8 Å². The molecule has 0 aromatic carbocycles. The summed E-state index contributed by atoms with van der Waals surface area (Å²) in [4.78, 5) is 10.2. The molecule has 1 aliphatic rings. The Labute approximate surface area is 65.2 Å². The summed E-state index contributed by atoms with van der Waals surface area (Å²) in [6.45, 7) is 0. The first-order valence-corrected chi connectivity index (χ1v) is 6.26. The summed E-state index contributed by atoms with van der Waals surface area (Å²) in [6, 6.07) is 0. The molecule has 0 aliphatic heterocycles. The van der Waals surface area contributed by atoms with E-state index in [-0.39, 0.29) is 0 Å². The number of hydrogen-bond donors (Lipinski definition) is 0. The van der Waals surface area contributed by atoms with Crippen molar-refractivity contribution in [3.63, 3.8) is 0 Å². The molecule has 0 heterocycles. The maximum atomic E-state index is 10.2. The minimum absolute atomic E-state index is 0.384. The summed E-state index contributed by atoms with van der Waals surface area (Å²) >= 11 is 0.652. The summed E-state index contributed by atoms with van der Waals surface area (Å²) in [5.74, 6) is 3.25. The Kier molecular flexibility index (Phi) is 2.50. The molecule has 1 nitrogen and oxygen atoms in total. The summed E-state index contributed by atoms with van der Waals surface area (Å²) in [6.07, 6.45) is 2.21. The van der Waals surface area contributed by atoms with Crippen molar-refractivity contribution in [2.24, 2.45) is 11.8 Å². The van der Waals surface area contributed by atoms with Crippen molar-refractivity contribution in [1.29, 1.82) is 0 Å². The van der Waals surface area contributed by atoms with Gasteiger partial charge in [0.05, 0.1) is 0 Å². The Balaban J connectivity index is 2.24. The third kappa shape index (κ3) is 1.66. The monoisotopic (exact) mass is 205 g/mol. The van der Waals surface area contributed by atoms with E-state index in [1.54, 1.807) is 0 Å². The number of carbonyl (C=O) groups is 1. The normalized spacial score (nSPS) is 35.8. The van der Waals surface area contributed by atoms with Crippen LogP contribution in [0.2, 0.25) is 10.3 Å². The molecule has 49 valence electrons. The topological polar surface area (TPSA) is 17.1 Å². The second-order valence-electron chi connectivity index (χ2n) is 2.36. The van der Waals surface area contributed by atoms with Crippen LogP contribution in [0.3, 0.4) is 0 Å². The first-order valence-electron chi connectivity index (χ1n) is 2.98. The van der Waals surface area contributed by atoms with E-state index in [2.05, 4.69) is 16.1 Å². The molecule has 1 rings (SSSR count). The summed E-state index contributed by atoms with van der Waals surface area (Å²) in [5.41, 5.74) is 0. The molecule has 0 bridgehead atoms. The van der Waals surface area contributed by atoms with E-state index in [4.69, 9.17) is 0 Å². The van der Waals surface area contributed by atoms with Crippen LogP contribution < -0.4 is 0 Å². The first kappa shape index (κ1) is 7.51. The molecule has 1 fully saturated rings. The molecule has 3 atom stereocenters. The van der Waals surface area contributed by atoms with Gasteiger partial charge in [0.25, 0.3) is 0 Å². The van der Waals surface area contributed by atoms with Crippen LogP contribution in [0.25, 0.3) is 0 Å². The van der Waals surface area contributed by atoms with Crippen LogP contribution in [0.4, 0.5) is 0 Å². The van der Waals surface area contributed by atoms with Gasteiger partial charge in [0.1, 0.15) is 0 Å². The third-order valence-electron chi connectivity index (χ3n) is 1.71. The van der Waals surface area contributed by atoms with Crippen LogP contribution in [0, 0.1) is 11.8 Å². The standard InChI is InChI=1S/C6H9OSeSi/c1-8-6(9)5-2-4(5)3-7/h3-6H,2H2,1H3/t4-,5+,6-/m1/s1. The zero-order valence-electron chi connectivity index (χ0n) is 5.33. The van der Waals surface area contributed by atoms with Crippen molar-refractivity contribution in [3.05, 3.63) is 0 Å². The molecular formula is C6H9OSeSi. The fourth-order valence-electron chi connectivity index (χ4n) is 0.915. The van der Waals surface area contributed by atoms with E-state index in [1.807, 2.05) is 0 Å². The van der Waals surface area contributed by atoms with Gasteiger partial charge in [-0.05, 0) is 0 Å².